The van der Waals surface area contributed by atoms with Gasteiger partial charge in [0.1, 0.15) is 6.33 Å². The minimum atomic E-state index is 0.332. The molecular weight excluding hydrogens is 190 g/mol. The van der Waals surface area contributed by atoms with Crippen LogP contribution in [0.3, 0.4) is 0 Å². The first-order chi connectivity index (χ1) is 7.42. The lowest BCUT2D eigenvalue weighted by Crippen LogP contribution is -2.28. The molecule has 0 radical (unpaired) electrons. The highest BCUT2D eigenvalue weighted by Crippen LogP contribution is 2.27. The van der Waals surface area contributed by atoms with Gasteiger partial charge in [0.25, 0.3) is 0 Å². The van der Waals surface area contributed by atoms with E-state index in [1.807, 2.05) is 12.4 Å². The highest BCUT2D eigenvalue weighted by Gasteiger charge is 2.26. The molecule has 2 rings (SSSR count). The van der Waals surface area contributed by atoms with Crippen molar-refractivity contribution in [2.75, 3.05) is 19.8 Å². The zero-order valence-electron chi connectivity index (χ0n) is 9.02. The fourth-order valence-corrected chi connectivity index (χ4v) is 2.06. The molecule has 0 amide bonds. The molecule has 15 heavy (non-hydrogen) atoms. The Kier molecular flexibility index (Phi) is 3.64. The van der Waals surface area contributed by atoms with Crippen LogP contribution in [0.25, 0.3) is 0 Å². The Morgan fingerprint density at radius 1 is 1.53 bits per heavy atom. The highest BCUT2D eigenvalue weighted by atomic mass is 16.5. The largest absolute Gasteiger partial charge is 0.381 e. The van der Waals surface area contributed by atoms with Crippen LogP contribution in [0.1, 0.15) is 24.9 Å². The maximum Gasteiger partial charge on any atom is 0.115 e. The average molecular weight is 207 g/mol. The summed E-state index contributed by atoms with van der Waals surface area (Å²) in [6.45, 7) is 4.79. The van der Waals surface area contributed by atoms with E-state index < -0.39 is 0 Å². The standard InChI is InChI=1S/C11H17N3O/c1-2-14-11(9-3-4-15-7-9)10-5-12-8-13-6-10/h5-6,8-9,11,14H,2-4,7H2,1H3. The van der Waals surface area contributed by atoms with Crippen molar-refractivity contribution in [1.29, 1.82) is 0 Å². The number of nitrogens with zero attached hydrogens (tertiary/aromatic N) is 2. The zero-order chi connectivity index (χ0) is 10.5. The fourth-order valence-electron chi connectivity index (χ4n) is 2.06. The SMILES string of the molecule is CCNC(c1cncnc1)C1CCOC1. The Morgan fingerprint density at radius 3 is 2.93 bits per heavy atom. The molecule has 1 aromatic rings. The number of rotatable bonds is 4. The van der Waals surface area contributed by atoms with Crippen LogP contribution in [0, 0.1) is 5.92 Å². The van der Waals surface area contributed by atoms with E-state index in [1.54, 1.807) is 6.33 Å². The van der Waals surface area contributed by atoms with E-state index in [2.05, 4.69) is 22.2 Å². The van der Waals surface area contributed by atoms with Crippen LogP contribution in [0.15, 0.2) is 18.7 Å². The van der Waals surface area contributed by atoms with Gasteiger partial charge in [-0.2, -0.15) is 0 Å². The first kappa shape index (κ1) is 10.5. The van der Waals surface area contributed by atoms with Gasteiger partial charge in [0, 0.05) is 36.5 Å². The van der Waals surface area contributed by atoms with Gasteiger partial charge in [0.05, 0.1) is 6.61 Å². The van der Waals surface area contributed by atoms with Crippen LogP contribution in [0.5, 0.6) is 0 Å². The van der Waals surface area contributed by atoms with Crippen LogP contribution < -0.4 is 5.32 Å². The molecule has 4 heteroatoms. The minimum absolute atomic E-state index is 0.332. The van der Waals surface area contributed by atoms with Gasteiger partial charge in [0.15, 0.2) is 0 Å². The number of hydrogen-bond acceptors (Lipinski definition) is 4. The zero-order valence-corrected chi connectivity index (χ0v) is 9.02. The maximum absolute atomic E-state index is 5.43. The molecule has 0 aliphatic carbocycles. The summed E-state index contributed by atoms with van der Waals surface area (Å²) >= 11 is 0. The van der Waals surface area contributed by atoms with E-state index in [1.165, 1.54) is 0 Å². The second kappa shape index (κ2) is 5.19. The highest BCUT2D eigenvalue weighted by molar-refractivity contribution is 5.11. The lowest BCUT2D eigenvalue weighted by molar-refractivity contribution is 0.177. The third-order valence-electron chi connectivity index (χ3n) is 2.80. The van der Waals surface area contributed by atoms with Crippen LogP contribution in [0.2, 0.25) is 0 Å². The Balaban J connectivity index is 2.11. The molecule has 1 saturated heterocycles. The minimum Gasteiger partial charge on any atom is -0.381 e. The van der Waals surface area contributed by atoms with Gasteiger partial charge >= 0.3 is 0 Å². The van der Waals surface area contributed by atoms with Crippen molar-refractivity contribution in [1.82, 2.24) is 15.3 Å². The van der Waals surface area contributed by atoms with Crippen molar-refractivity contribution >= 4 is 0 Å². The Bertz CT molecular complexity index is 285. The van der Waals surface area contributed by atoms with Gasteiger partial charge in [0.2, 0.25) is 0 Å². The molecule has 4 nitrogen and oxygen atoms in total. The van der Waals surface area contributed by atoms with Gasteiger partial charge in [-0.15, -0.1) is 0 Å². The molecule has 2 atom stereocenters. The molecule has 0 spiro atoms. The van der Waals surface area contributed by atoms with Crippen molar-refractivity contribution < 1.29 is 4.74 Å². The number of hydrogen-bond donors (Lipinski definition) is 1. The van der Waals surface area contributed by atoms with Crippen molar-refractivity contribution in [3.63, 3.8) is 0 Å². The predicted octanol–water partition coefficient (Wildman–Crippen LogP) is 1.16. The smallest absolute Gasteiger partial charge is 0.115 e. The third-order valence-corrected chi connectivity index (χ3v) is 2.80. The summed E-state index contributed by atoms with van der Waals surface area (Å²) < 4.78 is 5.43. The molecule has 0 bridgehead atoms. The fraction of sp³-hybridized carbons (Fsp3) is 0.636. The molecule has 1 N–H and O–H groups in total. The van der Waals surface area contributed by atoms with E-state index in [4.69, 9.17) is 4.74 Å². The quantitative estimate of drug-likeness (QED) is 0.805. The van der Waals surface area contributed by atoms with E-state index in [-0.39, 0.29) is 0 Å². The van der Waals surface area contributed by atoms with E-state index in [0.717, 1.165) is 31.7 Å². The van der Waals surface area contributed by atoms with Gasteiger partial charge in [-0.3, -0.25) is 0 Å². The lowest BCUT2D eigenvalue weighted by atomic mass is 9.94. The lowest BCUT2D eigenvalue weighted by Gasteiger charge is -2.22. The summed E-state index contributed by atoms with van der Waals surface area (Å²) in [7, 11) is 0. The predicted molar refractivity (Wildman–Crippen MR) is 57.4 cm³/mol. The average Bonchev–Trinajstić information content (AvgIpc) is 2.80. The normalized spacial score (nSPS) is 22.9. The summed E-state index contributed by atoms with van der Waals surface area (Å²) in [5.74, 6) is 0.552. The summed E-state index contributed by atoms with van der Waals surface area (Å²) in [6, 6.07) is 0.332. The second-order valence-corrected chi connectivity index (χ2v) is 3.83. The monoisotopic (exact) mass is 207 g/mol. The summed E-state index contributed by atoms with van der Waals surface area (Å²) in [5.41, 5.74) is 1.16. The van der Waals surface area contributed by atoms with Gasteiger partial charge in [-0.1, -0.05) is 6.92 Å². The van der Waals surface area contributed by atoms with Gasteiger partial charge in [-0.05, 0) is 13.0 Å². The molecule has 1 aromatic heterocycles. The maximum atomic E-state index is 5.43. The van der Waals surface area contributed by atoms with Crippen LogP contribution >= 0.6 is 0 Å². The molecule has 0 aromatic carbocycles. The van der Waals surface area contributed by atoms with Crippen molar-refractivity contribution in [2.24, 2.45) is 5.92 Å². The first-order valence-corrected chi connectivity index (χ1v) is 5.48. The molecule has 2 unspecified atom stereocenters. The van der Waals surface area contributed by atoms with Gasteiger partial charge in [-0.25, -0.2) is 9.97 Å². The number of aromatic nitrogens is 2. The van der Waals surface area contributed by atoms with Crippen molar-refractivity contribution in [3.8, 4) is 0 Å². The summed E-state index contributed by atoms with van der Waals surface area (Å²) in [4.78, 5) is 8.13. The van der Waals surface area contributed by atoms with Crippen LogP contribution in [-0.2, 0) is 4.74 Å². The van der Waals surface area contributed by atoms with Crippen molar-refractivity contribution in [3.05, 3.63) is 24.3 Å². The van der Waals surface area contributed by atoms with Crippen molar-refractivity contribution in [2.45, 2.75) is 19.4 Å². The second-order valence-electron chi connectivity index (χ2n) is 3.83. The summed E-state index contributed by atoms with van der Waals surface area (Å²) in [6.07, 6.45) is 6.46. The molecule has 0 saturated carbocycles. The third kappa shape index (κ3) is 2.52. The number of nitrogens with one attached hydrogen (secondary N) is 1. The van der Waals surface area contributed by atoms with E-state index in [9.17, 15) is 0 Å². The van der Waals surface area contributed by atoms with Crippen LogP contribution in [-0.4, -0.2) is 29.7 Å². The van der Waals surface area contributed by atoms with Crippen LogP contribution in [0.4, 0.5) is 0 Å². The van der Waals surface area contributed by atoms with E-state index in [0.29, 0.717) is 12.0 Å². The molecular formula is C11H17N3O. The molecule has 2 heterocycles. The topological polar surface area (TPSA) is 47.0 Å². The Hall–Kier alpha value is -1.00. The van der Waals surface area contributed by atoms with E-state index >= 15 is 0 Å². The first-order valence-electron chi connectivity index (χ1n) is 5.48. The molecule has 1 aliphatic rings. The molecule has 1 fully saturated rings. The summed E-state index contributed by atoms with van der Waals surface area (Å²) in [5, 5.41) is 3.48. The number of ether oxygens (including phenoxy) is 1. The Labute approximate surface area is 90.1 Å². The molecule has 1 aliphatic heterocycles. The molecule has 82 valence electrons. The van der Waals surface area contributed by atoms with Gasteiger partial charge < -0.3 is 10.1 Å². The Morgan fingerprint density at radius 2 is 2.33 bits per heavy atom.